The number of nitrogens with zero attached hydrogens (tertiary/aromatic N) is 2. The van der Waals surface area contributed by atoms with E-state index in [0.717, 1.165) is 22.8 Å². The Labute approximate surface area is 316 Å². The predicted octanol–water partition coefficient (Wildman–Crippen LogP) is 14.1. The van der Waals surface area contributed by atoms with Crippen molar-refractivity contribution in [2.45, 2.75) is 152 Å². The van der Waals surface area contributed by atoms with E-state index in [1.54, 1.807) is 0 Å². The first kappa shape index (κ1) is 40.7. The van der Waals surface area contributed by atoms with Gasteiger partial charge in [-0.15, -0.1) is 0 Å². The van der Waals surface area contributed by atoms with Gasteiger partial charge in [-0.05, 0) is 274 Å². The van der Waals surface area contributed by atoms with Gasteiger partial charge in [-0.25, -0.2) is 0 Å². The monoisotopic (exact) mass is 695 g/mol. The van der Waals surface area contributed by atoms with Crippen molar-refractivity contribution < 1.29 is 0 Å². The van der Waals surface area contributed by atoms with Gasteiger partial charge in [0.05, 0.1) is 0 Å². The largest absolute Gasteiger partial charge is 0.258 e. The second-order valence-corrected chi connectivity index (χ2v) is 16.1. The van der Waals surface area contributed by atoms with Crippen molar-refractivity contribution in [2.24, 2.45) is 0 Å². The van der Waals surface area contributed by atoms with Crippen LogP contribution >= 0.6 is 0 Å². The highest BCUT2D eigenvalue weighted by Crippen LogP contribution is 2.38. The van der Waals surface area contributed by atoms with Crippen LogP contribution < -0.4 is 0 Å². The zero-order chi connectivity index (χ0) is 39.6. The number of hydrogen-bond donors (Lipinski definition) is 0. The summed E-state index contributed by atoms with van der Waals surface area (Å²) in [5.74, 6) is 0. The number of benzene rings is 4. The third kappa shape index (κ3) is 6.46. The maximum Gasteiger partial charge on any atom is 0.0457 e. The fourth-order valence-electron chi connectivity index (χ4n) is 8.80. The second-order valence-electron chi connectivity index (χ2n) is 16.1. The molecule has 0 saturated carbocycles. The van der Waals surface area contributed by atoms with Gasteiger partial charge in [-0.3, -0.25) is 9.97 Å². The summed E-state index contributed by atoms with van der Waals surface area (Å²) < 4.78 is 0. The van der Waals surface area contributed by atoms with E-state index in [2.05, 4.69) is 162 Å². The molecule has 0 saturated heterocycles. The van der Waals surface area contributed by atoms with Gasteiger partial charge in [-0.2, -0.15) is 0 Å². The molecule has 2 aromatic heterocycles. The zero-order valence-corrected chi connectivity index (χ0v) is 36.9. The highest BCUT2D eigenvalue weighted by atomic mass is 14.7. The van der Waals surface area contributed by atoms with E-state index in [1.165, 1.54) is 132 Å². The molecular weight excluding hydrogens is 629 g/mol. The van der Waals surface area contributed by atoms with Crippen LogP contribution in [0.15, 0.2) is 0 Å². The van der Waals surface area contributed by atoms with Gasteiger partial charge in [0, 0.05) is 33.5 Å². The van der Waals surface area contributed by atoms with Gasteiger partial charge in [0.15, 0.2) is 0 Å². The maximum atomic E-state index is 4.67. The van der Waals surface area contributed by atoms with Crippen molar-refractivity contribution >= 4 is 32.3 Å². The van der Waals surface area contributed by atoms with Crippen molar-refractivity contribution in [2.75, 3.05) is 0 Å². The number of fused-ring (bicyclic) bond motifs is 3. The molecule has 0 unspecified atom stereocenters. The normalized spacial score (nSPS) is 11.3. The topological polar surface area (TPSA) is 25.8 Å². The summed E-state index contributed by atoms with van der Waals surface area (Å²) in [5.41, 5.74) is 30.1. The van der Waals surface area contributed by atoms with Gasteiger partial charge in [0.2, 0.25) is 0 Å². The van der Waals surface area contributed by atoms with Crippen molar-refractivity contribution in [1.82, 2.24) is 9.97 Å². The molecule has 0 fully saturated rings. The van der Waals surface area contributed by atoms with E-state index in [1.807, 2.05) is 0 Å². The highest BCUT2D eigenvalue weighted by molar-refractivity contribution is 5.98. The molecule has 0 spiro atoms. The van der Waals surface area contributed by atoms with Crippen molar-refractivity contribution in [3.05, 3.63) is 123 Å². The van der Waals surface area contributed by atoms with E-state index in [-0.39, 0.29) is 0 Å². The fraction of sp³-hybridized carbons (Fsp3) is 0.440. The van der Waals surface area contributed by atoms with Gasteiger partial charge in [0.1, 0.15) is 0 Å². The summed E-state index contributed by atoms with van der Waals surface area (Å²) >= 11 is 0. The molecule has 0 radical (unpaired) electrons. The van der Waals surface area contributed by atoms with Crippen LogP contribution in [0.4, 0.5) is 0 Å². The lowest BCUT2D eigenvalue weighted by Gasteiger charge is -2.21. The van der Waals surface area contributed by atoms with E-state index < -0.39 is 0 Å². The van der Waals surface area contributed by atoms with Crippen LogP contribution in [-0.4, -0.2) is 9.97 Å². The van der Waals surface area contributed by atoms with Crippen LogP contribution in [0.5, 0.6) is 0 Å². The van der Waals surface area contributed by atoms with Crippen LogP contribution in [-0.2, 0) is 0 Å². The van der Waals surface area contributed by atoms with E-state index in [9.17, 15) is 0 Å². The van der Waals surface area contributed by atoms with Gasteiger partial charge in [0.25, 0.3) is 0 Å². The summed E-state index contributed by atoms with van der Waals surface area (Å²) in [5, 5.41) is 8.50. The molecule has 0 atom stereocenters. The maximum absolute atomic E-state index is 4.67. The van der Waals surface area contributed by atoms with Crippen LogP contribution in [0.3, 0.4) is 0 Å². The molecule has 2 nitrogen and oxygen atoms in total. The molecular formula is C50H66N2. The number of aryl methyl sites for hydroxylation is 14. The minimum absolute atomic E-state index is 1.15. The lowest BCUT2D eigenvalue weighted by Crippen LogP contribution is -2.01. The number of rotatable bonds is 0. The molecule has 2 heterocycles. The second kappa shape index (κ2) is 14.8. The fourth-order valence-corrected chi connectivity index (χ4v) is 8.80. The quantitative estimate of drug-likeness (QED) is 0.158. The predicted molar refractivity (Wildman–Crippen MR) is 232 cm³/mol. The van der Waals surface area contributed by atoms with Crippen LogP contribution in [0.1, 0.15) is 123 Å². The molecule has 52 heavy (non-hydrogen) atoms. The smallest absolute Gasteiger partial charge is 0.0457 e. The summed E-state index contributed by atoms with van der Waals surface area (Å²) in [7, 11) is 0. The molecule has 2 heteroatoms. The Balaban J connectivity index is 0.000000175. The third-order valence-electron chi connectivity index (χ3n) is 13.7. The molecule has 0 aliphatic carbocycles. The molecule has 6 rings (SSSR count). The molecule has 0 aliphatic rings. The van der Waals surface area contributed by atoms with Gasteiger partial charge < -0.3 is 0 Å². The first-order valence-electron chi connectivity index (χ1n) is 19.1. The van der Waals surface area contributed by atoms with Crippen molar-refractivity contribution in [3.8, 4) is 0 Å². The summed E-state index contributed by atoms with van der Waals surface area (Å²) in [6.45, 7) is 48.7. The number of hydrogen-bond acceptors (Lipinski definition) is 2. The average molecular weight is 695 g/mol. The van der Waals surface area contributed by atoms with Crippen LogP contribution in [0.25, 0.3) is 32.3 Å². The first-order chi connectivity index (χ1) is 24.0. The Morgan fingerprint density at radius 1 is 0.154 bits per heavy atom. The Hall–Kier alpha value is -4.04. The molecule has 0 N–H and O–H groups in total. The molecule has 0 bridgehead atoms. The van der Waals surface area contributed by atoms with Crippen molar-refractivity contribution in [3.63, 3.8) is 0 Å². The molecule has 0 amide bonds. The molecule has 276 valence electrons. The first-order valence-corrected chi connectivity index (χ1v) is 19.1. The lowest BCUT2D eigenvalue weighted by atomic mass is 9.83. The van der Waals surface area contributed by atoms with Crippen molar-refractivity contribution in [1.29, 1.82) is 0 Å². The van der Waals surface area contributed by atoms with Crippen LogP contribution in [0.2, 0.25) is 0 Å². The number of aromatic nitrogens is 2. The Morgan fingerprint density at radius 3 is 0.500 bits per heavy atom. The molecule has 6 aromatic rings. The minimum Gasteiger partial charge on any atom is -0.258 e. The van der Waals surface area contributed by atoms with Gasteiger partial charge >= 0.3 is 0 Å². The Bertz CT molecular complexity index is 2220. The Morgan fingerprint density at radius 2 is 0.308 bits per heavy atom. The minimum atomic E-state index is 1.15. The molecule has 4 aromatic carbocycles. The molecule has 0 aliphatic heterocycles. The average Bonchev–Trinajstić information content (AvgIpc) is 3.10. The summed E-state index contributed by atoms with van der Waals surface area (Å²) in [6, 6.07) is 0. The zero-order valence-electron chi connectivity index (χ0n) is 36.9. The summed E-state index contributed by atoms with van der Waals surface area (Å²) in [6.07, 6.45) is 0. The highest BCUT2D eigenvalue weighted by Gasteiger charge is 2.18. The van der Waals surface area contributed by atoms with Crippen LogP contribution in [0, 0.1) is 152 Å². The SMILES string of the molecule is Cc1c(C)c(C)c2c(C)c(C)c(C)c(C)c2c1C.Cc1nc(C)c2c(C)c(C)c(C)c(C)c2c1C.Cc1nc(C)c2c(C)c(C)c(C)c(C)c2c1C. The standard InChI is InChI=1S/C18H24.2C16H21N/c1-9-10(2)14(6)18-16(8)12(4)11(3)15(7)17(18)13(9)5;2*1-8-9(2)11(4)16-14(7)17-13(6)12(5)15(16)10(8)3/h1-8H3;2*1-7H3. The summed E-state index contributed by atoms with van der Waals surface area (Å²) in [4.78, 5) is 9.35. The van der Waals surface area contributed by atoms with E-state index in [0.29, 0.717) is 0 Å². The van der Waals surface area contributed by atoms with E-state index >= 15 is 0 Å². The third-order valence-corrected chi connectivity index (χ3v) is 13.7. The number of pyridine rings is 2. The lowest BCUT2D eigenvalue weighted by molar-refractivity contribution is 1.10. The van der Waals surface area contributed by atoms with Gasteiger partial charge in [-0.1, -0.05) is 0 Å². The van der Waals surface area contributed by atoms with E-state index in [4.69, 9.17) is 0 Å². The Kier molecular flexibility index (Phi) is 11.6.